The van der Waals surface area contributed by atoms with Crippen molar-refractivity contribution in [3.63, 3.8) is 0 Å². The number of carbonyl (C=O) groups is 2. The molecule has 0 spiro atoms. The van der Waals surface area contributed by atoms with E-state index in [1.165, 1.54) is 18.8 Å². The molecule has 0 saturated heterocycles. The number of rotatable bonds is 4. The second-order valence-electron chi connectivity index (χ2n) is 5.38. The van der Waals surface area contributed by atoms with Gasteiger partial charge in [-0.1, -0.05) is 19.3 Å². The standard InChI is InChI=1S/C14H21N5O2/c1-9(15)12(20)19-14-16-7-10(8-17-14)13(21)18-11-5-3-2-4-6-11/h7-9,11H,2-6,15H2,1H3,(H,18,21)(H,16,17,19,20). The fourth-order valence-electron chi connectivity index (χ4n) is 2.25. The third-order valence-corrected chi connectivity index (χ3v) is 3.50. The third-order valence-electron chi connectivity index (χ3n) is 3.50. The molecule has 4 N–H and O–H groups in total. The van der Waals surface area contributed by atoms with Crippen molar-refractivity contribution in [3.05, 3.63) is 18.0 Å². The molecule has 1 saturated carbocycles. The zero-order valence-corrected chi connectivity index (χ0v) is 12.1. The van der Waals surface area contributed by atoms with Crippen molar-refractivity contribution in [1.82, 2.24) is 15.3 Å². The molecule has 2 amide bonds. The van der Waals surface area contributed by atoms with Crippen molar-refractivity contribution >= 4 is 17.8 Å². The van der Waals surface area contributed by atoms with Gasteiger partial charge in [0, 0.05) is 18.4 Å². The van der Waals surface area contributed by atoms with Crippen LogP contribution in [0.15, 0.2) is 12.4 Å². The van der Waals surface area contributed by atoms with Crippen LogP contribution in [0.5, 0.6) is 0 Å². The first kappa shape index (κ1) is 15.4. The number of carbonyl (C=O) groups excluding carboxylic acids is 2. The van der Waals surface area contributed by atoms with Crippen LogP contribution in [0.4, 0.5) is 5.95 Å². The molecule has 1 aromatic rings. The number of nitrogens with zero attached hydrogens (tertiary/aromatic N) is 2. The van der Waals surface area contributed by atoms with Gasteiger partial charge in [-0.15, -0.1) is 0 Å². The molecule has 1 aromatic heterocycles. The average Bonchev–Trinajstić information content (AvgIpc) is 2.48. The van der Waals surface area contributed by atoms with Crippen LogP contribution in [0.1, 0.15) is 49.4 Å². The Morgan fingerprint density at radius 2 is 1.86 bits per heavy atom. The van der Waals surface area contributed by atoms with Crippen molar-refractivity contribution in [2.75, 3.05) is 5.32 Å². The molecule has 0 bridgehead atoms. The molecule has 7 heteroatoms. The van der Waals surface area contributed by atoms with Gasteiger partial charge in [-0.2, -0.15) is 0 Å². The van der Waals surface area contributed by atoms with E-state index in [1.807, 2.05) is 0 Å². The SMILES string of the molecule is CC(N)C(=O)Nc1ncc(C(=O)NC2CCCCC2)cn1. The Morgan fingerprint density at radius 3 is 2.43 bits per heavy atom. The summed E-state index contributed by atoms with van der Waals surface area (Å²) in [7, 11) is 0. The predicted octanol–water partition coefficient (Wildman–Crippen LogP) is 0.825. The van der Waals surface area contributed by atoms with Crippen molar-refractivity contribution in [2.45, 2.75) is 51.1 Å². The minimum absolute atomic E-state index is 0.145. The number of anilines is 1. The van der Waals surface area contributed by atoms with Crippen molar-refractivity contribution < 1.29 is 9.59 Å². The lowest BCUT2D eigenvalue weighted by atomic mass is 9.95. The summed E-state index contributed by atoms with van der Waals surface area (Å²) >= 11 is 0. The highest BCUT2D eigenvalue weighted by Crippen LogP contribution is 2.17. The molecule has 1 unspecified atom stereocenters. The molecule has 2 rings (SSSR count). The summed E-state index contributed by atoms with van der Waals surface area (Å²) in [6, 6.07) is -0.397. The second kappa shape index (κ2) is 7.12. The third kappa shape index (κ3) is 4.49. The highest BCUT2D eigenvalue weighted by Gasteiger charge is 2.17. The smallest absolute Gasteiger partial charge is 0.254 e. The summed E-state index contributed by atoms with van der Waals surface area (Å²) in [6.45, 7) is 1.57. The van der Waals surface area contributed by atoms with Crippen LogP contribution in [0.25, 0.3) is 0 Å². The van der Waals surface area contributed by atoms with Crippen LogP contribution < -0.4 is 16.4 Å². The van der Waals surface area contributed by atoms with Gasteiger partial charge in [0.2, 0.25) is 11.9 Å². The van der Waals surface area contributed by atoms with Crippen molar-refractivity contribution in [1.29, 1.82) is 0 Å². The normalized spacial score (nSPS) is 17.0. The fraction of sp³-hybridized carbons (Fsp3) is 0.571. The van der Waals surface area contributed by atoms with E-state index >= 15 is 0 Å². The van der Waals surface area contributed by atoms with Gasteiger partial charge in [0.05, 0.1) is 11.6 Å². The van der Waals surface area contributed by atoms with E-state index in [1.54, 1.807) is 6.92 Å². The molecular formula is C14H21N5O2. The van der Waals surface area contributed by atoms with Crippen molar-refractivity contribution in [2.24, 2.45) is 5.73 Å². The summed E-state index contributed by atoms with van der Waals surface area (Å²) in [5.74, 6) is -0.395. The maximum absolute atomic E-state index is 12.1. The number of nitrogens with one attached hydrogen (secondary N) is 2. The molecule has 1 aliphatic rings. The van der Waals surface area contributed by atoms with E-state index in [4.69, 9.17) is 5.73 Å². The Labute approximate surface area is 123 Å². The molecule has 21 heavy (non-hydrogen) atoms. The number of aromatic nitrogens is 2. The Hall–Kier alpha value is -2.02. The maximum atomic E-state index is 12.1. The lowest BCUT2D eigenvalue weighted by Gasteiger charge is -2.22. The van der Waals surface area contributed by atoms with Gasteiger partial charge in [0.15, 0.2) is 0 Å². The molecule has 1 aliphatic carbocycles. The quantitative estimate of drug-likeness (QED) is 0.761. The van der Waals surface area contributed by atoms with E-state index in [0.29, 0.717) is 5.56 Å². The lowest BCUT2D eigenvalue weighted by molar-refractivity contribution is -0.117. The predicted molar refractivity (Wildman–Crippen MR) is 78.7 cm³/mol. The van der Waals surface area contributed by atoms with Crippen LogP contribution in [0, 0.1) is 0 Å². The van der Waals surface area contributed by atoms with Gasteiger partial charge in [0.1, 0.15) is 0 Å². The Bertz CT molecular complexity index is 495. The molecule has 0 radical (unpaired) electrons. The molecule has 1 heterocycles. The molecule has 0 aliphatic heterocycles. The monoisotopic (exact) mass is 291 g/mol. The topological polar surface area (TPSA) is 110 Å². The fourth-order valence-corrected chi connectivity index (χ4v) is 2.25. The van der Waals surface area contributed by atoms with Gasteiger partial charge >= 0.3 is 0 Å². The molecule has 1 fully saturated rings. The van der Waals surface area contributed by atoms with Crippen LogP contribution in [0.2, 0.25) is 0 Å². The number of amides is 2. The molecular weight excluding hydrogens is 270 g/mol. The van der Waals surface area contributed by atoms with Crippen LogP contribution in [0.3, 0.4) is 0 Å². The van der Waals surface area contributed by atoms with Crippen LogP contribution >= 0.6 is 0 Å². The Balaban J connectivity index is 1.91. The van der Waals surface area contributed by atoms with Crippen molar-refractivity contribution in [3.8, 4) is 0 Å². The Morgan fingerprint density at radius 1 is 1.24 bits per heavy atom. The van der Waals surface area contributed by atoms with Gasteiger partial charge in [-0.05, 0) is 19.8 Å². The summed E-state index contributed by atoms with van der Waals surface area (Å²) < 4.78 is 0. The van der Waals surface area contributed by atoms with E-state index in [9.17, 15) is 9.59 Å². The van der Waals surface area contributed by atoms with E-state index in [2.05, 4.69) is 20.6 Å². The highest BCUT2D eigenvalue weighted by molar-refractivity contribution is 5.95. The lowest BCUT2D eigenvalue weighted by Crippen LogP contribution is -2.36. The van der Waals surface area contributed by atoms with Gasteiger partial charge in [-0.3, -0.25) is 14.9 Å². The first-order valence-electron chi connectivity index (χ1n) is 7.25. The maximum Gasteiger partial charge on any atom is 0.254 e. The summed E-state index contributed by atoms with van der Waals surface area (Å²) in [6.07, 6.45) is 8.41. The van der Waals surface area contributed by atoms with E-state index in [-0.39, 0.29) is 23.8 Å². The largest absolute Gasteiger partial charge is 0.349 e. The average molecular weight is 291 g/mol. The minimum atomic E-state index is -0.636. The molecule has 1 atom stereocenters. The van der Waals surface area contributed by atoms with Gasteiger partial charge in [0.25, 0.3) is 5.91 Å². The van der Waals surface area contributed by atoms with E-state index < -0.39 is 6.04 Å². The molecule has 0 aromatic carbocycles. The second-order valence-corrected chi connectivity index (χ2v) is 5.38. The minimum Gasteiger partial charge on any atom is -0.349 e. The van der Waals surface area contributed by atoms with Crippen LogP contribution in [-0.4, -0.2) is 33.9 Å². The summed E-state index contributed by atoms with van der Waals surface area (Å²) in [4.78, 5) is 31.4. The first-order chi connectivity index (χ1) is 10.1. The first-order valence-corrected chi connectivity index (χ1v) is 7.25. The van der Waals surface area contributed by atoms with Crippen LogP contribution in [-0.2, 0) is 4.79 Å². The number of hydrogen-bond acceptors (Lipinski definition) is 5. The molecule has 7 nitrogen and oxygen atoms in total. The summed E-state index contributed by atoms with van der Waals surface area (Å²) in [5, 5.41) is 5.46. The highest BCUT2D eigenvalue weighted by atomic mass is 16.2. The zero-order chi connectivity index (χ0) is 15.2. The number of nitrogens with two attached hydrogens (primary N) is 1. The summed E-state index contributed by atoms with van der Waals surface area (Å²) in [5.41, 5.74) is 5.82. The Kier molecular flexibility index (Phi) is 5.21. The van der Waals surface area contributed by atoms with Gasteiger partial charge < -0.3 is 11.1 Å². The molecule has 114 valence electrons. The van der Waals surface area contributed by atoms with Gasteiger partial charge in [-0.25, -0.2) is 9.97 Å². The number of hydrogen-bond donors (Lipinski definition) is 3. The zero-order valence-electron chi connectivity index (χ0n) is 12.1. The van der Waals surface area contributed by atoms with E-state index in [0.717, 1.165) is 25.7 Å².